The number of hydrogen-bond acceptors (Lipinski definition) is 4. The predicted molar refractivity (Wildman–Crippen MR) is 165 cm³/mol. The predicted octanol–water partition coefficient (Wildman–Crippen LogP) is 8.28. The zero-order valence-corrected chi connectivity index (χ0v) is 24.2. The Bertz CT molecular complexity index is 1890. The average Bonchev–Trinajstić information content (AvgIpc) is 3.33. The number of benzene rings is 3. The van der Waals surface area contributed by atoms with Crippen LogP contribution in [0.1, 0.15) is 51.9 Å². The van der Waals surface area contributed by atoms with Gasteiger partial charge in [-0.2, -0.15) is 5.10 Å². The molecule has 0 fully saturated rings. The molecule has 8 heteroatoms. The number of aromatic nitrogens is 3. The Balaban J connectivity index is 1.78. The molecule has 0 bridgehead atoms. The van der Waals surface area contributed by atoms with Crippen molar-refractivity contribution in [2.24, 2.45) is 4.99 Å². The molecule has 5 aromatic rings. The first-order chi connectivity index (χ1) is 20.1. The van der Waals surface area contributed by atoms with Crippen LogP contribution in [0.15, 0.2) is 89.2 Å². The van der Waals surface area contributed by atoms with E-state index in [0.29, 0.717) is 45.0 Å². The number of ether oxygens (including phenoxy) is 1. The smallest absolute Gasteiger partial charge is 0.266 e. The molecule has 5 rings (SSSR count). The van der Waals surface area contributed by atoms with Crippen molar-refractivity contribution in [1.29, 1.82) is 0 Å². The number of pyridine rings is 1. The monoisotopic (exact) mass is 566 g/mol. The number of para-hydroxylation sites is 1. The van der Waals surface area contributed by atoms with E-state index in [9.17, 15) is 9.18 Å². The van der Waals surface area contributed by atoms with Crippen LogP contribution in [0.5, 0.6) is 5.75 Å². The number of nitrogens with zero attached hydrogens (tertiary/aromatic N) is 4. The van der Waals surface area contributed by atoms with Crippen molar-refractivity contribution >= 4 is 28.4 Å². The molecule has 2 aromatic heterocycles. The van der Waals surface area contributed by atoms with Crippen molar-refractivity contribution in [1.82, 2.24) is 14.3 Å². The standard InChI is InChI=1S/C34H32F2N4O2/c1-7-37-33-30(20(2)3)32(24-16-17-29(27(36)18-24)42-21(4)5)38-40(33)22(6)28-19-23-12-11-15-26(35)31(23)34(41)39(28)25-13-9-8-10-14-25/h7-19,21-22H,2H2,1,3-6H3/b37-7-. The maximum absolute atomic E-state index is 15.1. The summed E-state index contributed by atoms with van der Waals surface area (Å²) in [6.07, 6.45) is 1.47. The molecule has 0 saturated heterocycles. The molecule has 0 amide bonds. The molecule has 6 nitrogen and oxygen atoms in total. The van der Waals surface area contributed by atoms with Gasteiger partial charge in [0.15, 0.2) is 17.4 Å². The summed E-state index contributed by atoms with van der Waals surface area (Å²) in [6.45, 7) is 13.4. The third kappa shape index (κ3) is 5.16. The van der Waals surface area contributed by atoms with Crippen LogP contribution >= 0.6 is 0 Å². The summed E-state index contributed by atoms with van der Waals surface area (Å²) in [7, 11) is 0. The van der Waals surface area contributed by atoms with E-state index < -0.39 is 23.2 Å². The summed E-state index contributed by atoms with van der Waals surface area (Å²) >= 11 is 0. The van der Waals surface area contributed by atoms with Crippen molar-refractivity contribution < 1.29 is 13.5 Å². The van der Waals surface area contributed by atoms with Crippen molar-refractivity contribution in [3.63, 3.8) is 0 Å². The lowest BCUT2D eigenvalue weighted by Gasteiger charge is -2.21. The van der Waals surface area contributed by atoms with E-state index >= 15 is 4.39 Å². The minimum atomic E-state index is -0.587. The zero-order chi connectivity index (χ0) is 30.1. The van der Waals surface area contributed by atoms with Gasteiger partial charge in [-0.25, -0.2) is 18.5 Å². The molecule has 0 aliphatic heterocycles. The van der Waals surface area contributed by atoms with Gasteiger partial charge in [-0.3, -0.25) is 9.36 Å². The highest BCUT2D eigenvalue weighted by atomic mass is 19.1. The van der Waals surface area contributed by atoms with E-state index in [4.69, 9.17) is 9.84 Å². The summed E-state index contributed by atoms with van der Waals surface area (Å²) in [5.74, 6) is -0.440. The summed E-state index contributed by atoms with van der Waals surface area (Å²) in [4.78, 5) is 18.5. The molecule has 0 spiro atoms. The van der Waals surface area contributed by atoms with Crippen LogP contribution in [0, 0.1) is 11.6 Å². The summed E-state index contributed by atoms with van der Waals surface area (Å²) in [6, 6.07) is 19.6. The van der Waals surface area contributed by atoms with Crippen LogP contribution in [-0.2, 0) is 0 Å². The van der Waals surface area contributed by atoms with Crippen LogP contribution in [0.25, 0.3) is 33.3 Å². The molecule has 214 valence electrons. The molecule has 42 heavy (non-hydrogen) atoms. The quantitative estimate of drug-likeness (QED) is 0.178. The topological polar surface area (TPSA) is 61.4 Å². The van der Waals surface area contributed by atoms with Gasteiger partial charge in [-0.05, 0) is 88.0 Å². The fourth-order valence-corrected chi connectivity index (χ4v) is 5.15. The van der Waals surface area contributed by atoms with Crippen LogP contribution < -0.4 is 10.3 Å². The first kappa shape index (κ1) is 28.7. The Labute approximate surface area is 243 Å². The maximum atomic E-state index is 15.1. The first-order valence-electron chi connectivity index (χ1n) is 13.8. The van der Waals surface area contributed by atoms with Gasteiger partial charge in [0.25, 0.3) is 5.56 Å². The summed E-state index contributed by atoms with van der Waals surface area (Å²) < 4.78 is 38.8. The molecule has 3 aromatic carbocycles. The Hall–Kier alpha value is -4.85. The van der Waals surface area contributed by atoms with Gasteiger partial charge >= 0.3 is 0 Å². The molecule has 0 aliphatic carbocycles. The number of allylic oxidation sites excluding steroid dienone is 1. The normalized spacial score (nSPS) is 12.4. The molecule has 0 radical (unpaired) electrons. The molecular formula is C34H32F2N4O2. The highest BCUT2D eigenvalue weighted by Crippen LogP contribution is 2.39. The van der Waals surface area contributed by atoms with Crippen molar-refractivity contribution in [3.8, 4) is 22.7 Å². The molecule has 0 N–H and O–H groups in total. The summed E-state index contributed by atoms with van der Waals surface area (Å²) in [5, 5.41) is 5.42. The van der Waals surface area contributed by atoms with Gasteiger partial charge in [0.2, 0.25) is 0 Å². The van der Waals surface area contributed by atoms with Crippen molar-refractivity contribution in [3.05, 3.63) is 113 Å². The molecule has 1 atom stereocenters. The number of halogens is 2. The van der Waals surface area contributed by atoms with E-state index in [-0.39, 0.29) is 17.2 Å². The molecule has 0 aliphatic rings. The third-order valence-corrected chi connectivity index (χ3v) is 6.96. The fraction of sp³-hybridized carbons (Fsp3) is 0.206. The van der Waals surface area contributed by atoms with Crippen LogP contribution in [0.2, 0.25) is 0 Å². The Kier molecular flexibility index (Phi) is 7.89. The minimum absolute atomic E-state index is 0.00654. The SMILES string of the molecule is C=C(C)c1c(-c2ccc(OC(C)C)c(F)c2)nn(C(C)c2cc3cccc(F)c3c(=O)n2-c2ccccc2)c1/N=C\C. The molecule has 0 saturated carbocycles. The summed E-state index contributed by atoms with van der Waals surface area (Å²) in [5.41, 5.74) is 3.04. The lowest BCUT2D eigenvalue weighted by molar-refractivity contribution is 0.231. The zero-order valence-electron chi connectivity index (χ0n) is 24.2. The van der Waals surface area contributed by atoms with E-state index in [2.05, 4.69) is 11.6 Å². The van der Waals surface area contributed by atoms with Crippen LogP contribution in [-0.4, -0.2) is 26.7 Å². The second kappa shape index (κ2) is 11.6. The molecular weight excluding hydrogens is 534 g/mol. The lowest BCUT2D eigenvalue weighted by Crippen LogP contribution is -2.26. The van der Waals surface area contributed by atoms with Gasteiger partial charge < -0.3 is 4.74 Å². The Morgan fingerprint density at radius 2 is 1.74 bits per heavy atom. The van der Waals surface area contributed by atoms with E-state index in [1.165, 1.54) is 16.7 Å². The molecule has 1 unspecified atom stereocenters. The van der Waals surface area contributed by atoms with Gasteiger partial charge in [0.05, 0.1) is 23.2 Å². The van der Waals surface area contributed by atoms with Crippen molar-refractivity contribution in [2.75, 3.05) is 0 Å². The number of hydrogen-bond donors (Lipinski definition) is 0. The number of rotatable bonds is 8. The maximum Gasteiger partial charge on any atom is 0.266 e. The Morgan fingerprint density at radius 3 is 2.38 bits per heavy atom. The second-order valence-corrected chi connectivity index (χ2v) is 10.4. The average molecular weight is 567 g/mol. The second-order valence-electron chi connectivity index (χ2n) is 10.4. The van der Waals surface area contributed by atoms with Gasteiger partial charge in [-0.15, -0.1) is 0 Å². The minimum Gasteiger partial charge on any atom is -0.488 e. The van der Waals surface area contributed by atoms with Crippen molar-refractivity contribution in [2.45, 2.75) is 46.8 Å². The lowest BCUT2D eigenvalue weighted by atomic mass is 10.0. The highest BCUT2D eigenvalue weighted by Gasteiger charge is 2.27. The Morgan fingerprint density at radius 1 is 1.00 bits per heavy atom. The van der Waals surface area contributed by atoms with E-state index in [0.717, 1.165) is 0 Å². The first-order valence-corrected chi connectivity index (χ1v) is 13.8. The molecule has 2 heterocycles. The van der Waals surface area contributed by atoms with Gasteiger partial charge in [-0.1, -0.05) is 36.9 Å². The fourth-order valence-electron chi connectivity index (χ4n) is 5.15. The number of fused-ring (bicyclic) bond motifs is 1. The van der Waals surface area contributed by atoms with Gasteiger partial charge in [0.1, 0.15) is 11.5 Å². The highest BCUT2D eigenvalue weighted by molar-refractivity contribution is 5.85. The van der Waals surface area contributed by atoms with Crippen LogP contribution in [0.4, 0.5) is 14.6 Å². The third-order valence-electron chi connectivity index (χ3n) is 6.96. The number of aliphatic imine (C=N–C) groups is 1. The van der Waals surface area contributed by atoms with E-state index in [1.54, 1.807) is 60.3 Å². The van der Waals surface area contributed by atoms with Crippen LogP contribution in [0.3, 0.4) is 0 Å². The van der Waals surface area contributed by atoms with E-state index in [1.807, 2.05) is 45.9 Å². The largest absolute Gasteiger partial charge is 0.488 e. The van der Waals surface area contributed by atoms with Gasteiger partial charge in [0, 0.05) is 23.0 Å².